The molecule has 4 nitrogen and oxygen atoms in total. The van der Waals surface area contributed by atoms with Crippen LogP contribution in [0.15, 0.2) is 35.7 Å². The van der Waals surface area contributed by atoms with Crippen LogP contribution in [0.5, 0.6) is 0 Å². The smallest absolute Gasteiger partial charge is 0.254 e. The van der Waals surface area contributed by atoms with Gasteiger partial charge in [0.1, 0.15) is 0 Å². The van der Waals surface area contributed by atoms with E-state index in [1.807, 2.05) is 4.90 Å². The maximum atomic E-state index is 12.4. The Labute approximate surface area is 120 Å². The van der Waals surface area contributed by atoms with Gasteiger partial charge in [0.15, 0.2) is 0 Å². The summed E-state index contributed by atoms with van der Waals surface area (Å²) < 4.78 is 0. The summed E-state index contributed by atoms with van der Waals surface area (Å²) in [6.07, 6.45) is 0.915. The van der Waals surface area contributed by atoms with E-state index in [2.05, 4.69) is 11.4 Å². The highest BCUT2D eigenvalue weighted by molar-refractivity contribution is 7.10. The first kappa shape index (κ1) is 12.9. The van der Waals surface area contributed by atoms with Gasteiger partial charge in [-0.05, 0) is 47.7 Å². The highest BCUT2D eigenvalue weighted by Crippen LogP contribution is 2.25. The van der Waals surface area contributed by atoms with E-state index in [9.17, 15) is 9.59 Å². The van der Waals surface area contributed by atoms with E-state index in [-0.39, 0.29) is 5.91 Å². The first-order chi connectivity index (χ1) is 9.65. The molecule has 20 heavy (non-hydrogen) atoms. The number of hydrogen-bond acceptors (Lipinski definition) is 3. The van der Waals surface area contributed by atoms with Crippen LogP contribution < -0.4 is 5.73 Å². The molecular weight excluding hydrogens is 272 g/mol. The van der Waals surface area contributed by atoms with Crippen molar-refractivity contribution in [3.8, 4) is 0 Å². The molecule has 1 aliphatic rings. The molecule has 0 atom stereocenters. The fraction of sp³-hybridized carbons (Fsp3) is 0.200. The number of primary amides is 1. The third-order valence-electron chi connectivity index (χ3n) is 3.51. The SMILES string of the molecule is NC(=O)c1ccc(C(=O)N2CCc3sccc3C2)cc1. The van der Waals surface area contributed by atoms with Gasteiger partial charge in [-0.15, -0.1) is 11.3 Å². The first-order valence-corrected chi connectivity index (χ1v) is 7.27. The predicted octanol–water partition coefficient (Wildman–Crippen LogP) is 2.05. The molecule has 0 saturated heterocycles. The molecule has 0 aliphatic carbocycles. The molecule has 0 bridgehead atoms. The summed E-state index contributed by atoms with van der Waals surface area (Å²) in [6, 6.07) is 8.58. The lowest BCUT2D eigenvalue weighted by atomic mass is 10.1. The molecule has 2 aromatic rings. The van der Waals surface area contributed by atoms with Crippen molar-refractivity contribution in [2.75, 3.05) is 6.54 Å². The van der Waals surface area contributed by atoms with Gasteiger partial charge in [0.25, 0.3) is 5.91 Å². The molecule has 2 N–H and O–H groups in total. The van der Waals surface area contributed by atoms with Crippen molar-refractivity contribution in [2.24, 2.45) is 5.73 Å². The van der Waals surface area contributed by atoms with Gasteiger partial charge in [-0.25, -0.2) is 0 Å². The van der Waals surface area contributed by atoms with E-state index in [0.717, 1.165) is 13.0 Å². The fourth-order valence-corrected chi connectivity index (χ4v) is 3.27. The molecule has 0 saturated carbocycles. The van der Waals surface area contributed by atoms with Crippen LogP contribution in [-0.4, -0.2) is 23.3 Å². The standard InChI is InChI=1S/C15H14N2O2S/c16-14(18)10-1-3-11(4-2-10)15(19)17-7-5-13-12(9-17)6-8-20-13/h1-4,6,8H,5,7,9H2,(H2,16,18). The Morgan fingerprint density at radius 2 is 1.80 bits per heavy atom. The van der Waals surface area contributed by atoms with Crippen LogP contribution in [0, 0.1) is 0 Å². The third kappa shape index (κ3) is 2.32. The van der Waals surface area contributed by atoms with E-state index in [4.69, 9.17) is 5.73 Å². The summed E-state index contributed by atoms with van der Waals surface area (Å²) in [5.41, 5.74) is 7.44. The molecule has 0 spiro atoms. The summed E-state index contributed by atoms with van der Waals surface area (Å²) in [5, 5.41) is 2.07. The first-order valence-electron chi connectivity index (χ1n) is 6.39. The molecule has 3 rings (SSSR count). The van der Waals surface area contributed by atoms with Crippen LogP contribution in [0.1, 0.15) is 31.2 Å². The zero-order valence-corrected chi connectivity index (χ0v) is 11.7. The average molecular weight is 286 g/mol. The van der Waals surface area contributed by atoms with Crippen molar-refractivity contribution in [3.05, 3.63) is 57.3 Å². The molecule has 5 heteroatoms. The number of carbonyl (C=O) groups is 2. The molecule has 0 radical (unpaired) electrons. The molecule has 1 aromatic heterocycles. The van der Waals surface area contributed by atoms with E-state index >= 15 is 0 Å². The summed E-state index contributed by atoms with van der Waals surface area (Å²) in [7, 11) is 0. The van der Waals surface area contributed by atoms with Crippen molar-refractivity contribution in [1.82, 2.24) is 4.90 Å². The van der Waals surface area contributed by atoms with E-state index < -0.39 is 5.91 Å². The molecule has 1 aliphatic heterocycles. The van der Waals surface area contributed by atoms with Gasteiger partial charge in [0.05, 0.1) is 0 Å². The van der Waals surface area contributed by atoms with Gasteiger partial charge in [0.2, 0.25) is 5.91 Å². The van der Waals surface area contributed by atoms with Gasteiger partial charge in [-0.2, -0.15) is 0 Å². The summed E-state index contributed by atoms with van der Waals surface area (Å²) in [4.78, 5) is 26.7. The fourth-order valence-electron chi connectivity index (χ4n) is 2.38. The molecule has 102 valence electrons. The largest absolute Gasteiger partial charge is 0.366 e. The molecule has 0 fully saturated rings. The summed E-state index contributed by atoms with van der Waals surface area (Å²) in [5.74, 6) is -0.484. The lowest BCUT2D eigenvalue weighted by Gasteiger charge is -2.27. The maximum absolute atomic E-state index is 12.4. The second-order valence-corrected chi connectivity index (χ2v) is 5.79. The molecular formula is C15H14N2O2S. The van der Waals surface area contributed by atoms with Crippen molar-refractivity contribution in [1.29, 1.82) is 0 Å². The Balaban J connectivity index is 1.78. The zero-order valence-electron chi connectivity index (χ0n) is 10.8. The molecule has 2 amide bonds. The van der Waals surface area contributed by atoms with Crippen LogP contribution in [0.4, 0.5) is 0 Å². The number of benzene rings is 1. The quantitative estimate of drug-likeness (QED) is 0.918. The number of carbonyl (C=O) groups excluding carboxylic acids is 2. The number of fused-ring (bicyclic) bond motifs is 1. The third-order valence-corrected chi connectivity index (χ3v) is 4.53. The van der Waals surface area contributed by atoms with Crippen molar-refractivity contribution < 1.29 is 9.59 Å². The minimum Gasteiger partial charge on any atom is -0.366 e. The van der Waals surface area contributed by atoms with E-state index in [1.54, 1.807) is 35.6 Å². The Bertz CT molecular complexity index is 661. The minimum atomic E-state index is -0.482. The number of rotatable bonds is 2. The van der Waals surface area contributed by atoms with Crippen LogP contribution in [0.3, 0.4) is 0 Å². The molecule has 0 unspecified atom stereocenters. The van der Waals surface area contributed by atoms with Crippen LogP contribution in [-0.2, 0) is 13.0 Å². The Kier molecular flexibility index (Phi) is 3.28. The van der Waals surface area contributed by atoms with E-state index in [1.165, 1.54) is 10.4 Å². The lowest BCUT2D eigenvalue weighted by Crippen LogP contribution is -2.35. The second kappa shape index (κ2) is 5.09. The maximum Gasteiger partial charge on any atom is 0.254 e. The van der Waals surface area contributed by atoms with Gasteiger partial charge in [-0.3, -0.25) is 9.59 Å². The van der Waals surface area contributed by atoms with Gasteiger partial charge < -0.3 is 10.6 Å². The van der Waals surface area contributed by atoms with Gasteiger partial charge in [0, 0.05) is 29.1 Å². The van der Waals surface area contributed by atoms with Gasteiger partial charge in [-0.1, -0.05) is 0 Å². The lowest BCUT2D eigenvalue weighted by molar-refractivity contribution is 0.0735. The van der Waals surface area contributed by atoms with Crippen LogP contribution in [0.25, 0.3) is 0 Å². The topological polar surface area (TPSA) is 63.4 Å². The predicted molar refractivity (Wildman–Crippen MR) is 77.7 cm³/mol. The number of nitrogens with two attached hydrogens (primary N) is 1. The number of nitrogens with zero attached hydrogens (tertiary/aromatic N) is 1. The summed E-state index contributed by atoms with van der Waals surface area (Å²) >= 11 is 1.75. The number of thiophene rings is 1. The Morgan fingerprint density at radius 3 is 2.50 bits per heavy atom. The Morgan fingerprint density at radius 1 is 1.10 bits per heavy atom. The van der Waals surface area contributed by atoms with Crippen molar-refractivity contribution in [3.63, 3.8) is 0 Å². The van der Waals surface area contributed by atoms with Crippen LogP contribution >= 0.6 is 11.3 Å². The second-order valence-electron chi connectivity index (χ2n) is 4.79. The van der Waals surface area contributed by atoms with Crippen molar-refractivity contribution in [2.45, 2.75) is 13.0 Å². The molecule has 2 heterocycles. The monoisotopic (exact) mass is 286 g/mol. The highest BCUT2D eigenvalue weighted by Gasteiger charge is 2.22. The van der Waals surface area contributed by atoms with Gasteiger partial charge >= 0.3 is 0 Å². The summed E-state index contributed by atoms with van der Waals surface area (Å²) in [6.45, 7) is 1.40. The highest BCUT2D eigenvalue weighted by atomic mass is 32.1. The Hall–Kier alpha value is -2.14. The average Bonchev–Trinajstić information content (AvgIpc) is 2.94. The van der Waals surface area contributed by atoms with Crippen LogP contribution in [0.2, 0.25) is 0 Å². The molecule has 1 aromatic carbocycles. The zero-order chi connectivity index (χ0) is 14.1. The normalized spacial score (nSPS) is 13.9. The number of amides is 2. The minimum absolute atomic E-state index is 0.00197. The number of hydrogen-bond donors (Lipinski definition) is 1. The van der Waals surface area contributed by atoms with E-state index in [0.29, 0.717) is 17.7 Å². The van der Waals surface area contributed by atoms with Crippen molar-refractivity contribution >= 4 is 23.2 Å².